The number of pyridine rings is 1. The molecule has 31 heavy (non-hydrogen) atoms. The quantitative estimate of drug-likeness (QED) is 0.564. The minimum Gasteiger partial charge on any atom is -0.297 e. The molecule has 5 rings (SSSR count). The van der Waals surface area contributed by atoms with Crippen molar-refractivity contribution in [1.82, 2.24) is 14.8 Å². The number of fused-ring (bicyclic) bond motifs is 2. The molecule has 4 heteroatoms. The van der Waals surface area contributed by atoms with E-state index in [1.807, 2.05) is 18.3 Å². The lowest BCUT2D eigenvalue weighted by molar-refractivity contribution is 0.117. The number of aromatic nitrogens is 1. The van der Waals surface area contributed by atoms with Crippen LogP contribution in [0.15, 0.2) is 72.9 Å². The molecule has 2 aromatic carbocycles. The molecule has 0 N–H and O–H groups in total. The van der Waals surface area contributed by atoms with E-state index in [9.17, 15) is 0 Å². The van der Waals surface area contributed by atoms with Gasteiger partial charge in [0, 0.05) is 49.6 Å². The molecule has 158 valence electrons. The van der Waals surface area contributed by atoms with Gasteiger partial charge in [-0.15, -0.1) is 0 Å². The molecule has 0 amide bonds. The van der Waals surface area contributed by atoms with Crippen molar-refractivity contribution in [3.05, 3.63) is 106 Å². The van der Waals surface area contributed by atoms with Crippen LogP contribution in [0.1, 0.15) is 34.0 Å². The lowest BCUT2D eigenvalue weighted by atomic mass is 9.94. The lowest BCUT2D eigenvalue weighted by Gasteiger charge is -2.39. The van der Waals surface area contributed by atoms with E-state index in [0.717, 1.165) is 50.6 Å². The zero-order valence-electron chi connectivity index (χ0n) is 17.8. The summed E-state index contributed by atoms with van der Waals surface area (Å²) in [6.45, 7) is 5.29. The van der Waals surface area contributed by atoms with Gasteiger partial charge in [-0.1, -0.05) is 66.2 Å². The fourth-order valence-corrected chi connectivity index (χ4v) is 4.99. The molecule has 1 aliphatic heterocycles. The highest BCUT2D eigenvalue weighted by Crippen LogP contribution is 2.36. The molecule has 2 heterocycles. The highest BCUT2D eigenvalue weighted by Gasteiger charge is 2.31. The first kappa shape index (κ1) is 20.4. The summed E-state index contributed by atoms with van der Waals surface area (Å²) in [6.07, 6.45) is 8.49. The molecule has 1 atom stereocenters. The number of nitrogens with zero attached hydrogens (tertiary/aromatic N) is 3. The summed E-state index contributed by atoms with van der Waals surface area (Å²) >= 11 is 5.98. The van der Waals surface area contributed by atoms with E-state index in [2.05, 4.69) is 70.5 Å². The van der Waals surface area contributed by atoms with Crippen LogP contribution >= 0.6 is 11.6 Å². The van der Waals surface area contributed by atoms with E-state index in [0.29, 0.717) is 6.04 Å². The van der Waals surface area contributed by atoms with Crippen LogP contribution in [0.5, 0.6) is 0 Å². The van der Waals surface area contributed by atoms with Crippen LogP contribution in [0.3, 0.4) is 0 Å². The Bertz CT molecular complexity index is 1000. The second kappa shape index (κ2) is 9.35. The number of benzene rings is 2. The number of hydrogen-bond donors (Lipinski definition) is 0. The van der Waals surface area contributed by atoms with Crippen molar-refractivity contribution in [2.75, 3.05) is 32.7 Å². The topological polar surface area (TPSA) is 19.4 Å². The SMILES string of the molecule is Clc1ccc(/C=C/CN2CCN(C3c4ccccc4CCc4ncccc43)CC2)cc1. The standard InChI is InChI=1S/C27H28ClN3/c28-23-12-9-21(10-13-23)5-4-16-30-17-19-31(20-18-30)27-24-7-2-1-6-22(24)11-14-26-25(27)8-3-15-29-26/h1-10,12-13,15,27H,11,14,16-20H2/b5-4+. The van der Waals surface area contributed by atoms with Crippen LogP contribution < -0.4 is 0 Å². The maximum absolute atomic E-state index is 5.98. The first-order valence-corrected chi connectivity index (χ1v) is 11.6. The molecule has 3 nitrogen and oxygen atoms in total. The third kappa shape index (κ3) is 4.59. The molecule has 2 aliphatic rings. The van der Waals surface area contributed by atoms with E-state index in [4.69, 9.17) is 16.6 Å². The highest BCUT2D eigenvalue weighted by molar-refractivity contribution is 6.30. The number of halogens is 1. The van der Waals surface area contributed by atoms with Crippen LogP contribution in [-0.2, 0) is 12.8 Å². The fourth-order valence-electron chi connectivity index (χ4n) is 4.87. The smallest absolute Gasteiger partial charge is 0.0623 e. The Balaban J connectivity index is 1.29. The zero-order chi connectivity index (χ0) is 21.0. The van der Waals surface area contributed by atoms with Crippen molar-refractivity contribution in [2.45, 2.75) is 18.9 Å². The van der Waals surface area contributed by atoms with Crippen molar-refractivity contribution in [2.24, 2.45) is 0 Å². The Labute approximate surface area is 190 Å². The average molecular weight is 430 g/mol. The van der Waals surface area contributed by atoms with E-state index in [1.54, 1.807) is 0 Å². The monoisotopic (exact) mass is 429 g/mol. The largest absolute Gasteiger partial charge is 0.297 e. The average Bonchev–Trinajstić information content (AvgIpc) is 2.98. The van der Waals surface area contributed by atoms with Crippen LogP contribution in [0.25, 0.3) is 6.08 Å². The molecule has 0 saturated carbocycles. The molecule has 0 spiro atoms. The van der Waals surface area contributed by atoms with Crippen LogP contribution in [0.4, 0.5) is 0 Å². The normalized spacial score (nSPS) is 19.7. The Hall–Kier alpha value is -2.46. The Morgan fingerprint density at radius 2 is 1.65 bits per heavy atom. The molecule has 1 aliphatic carbocycles. The van der Waals surface area contributed by atoms with Gasteiger partial charge in [-0.25, -0.2) is 0 Å². The maximum Gasteiger partial charge on any atom is 0.0623 e. The summed E-state index contributed by atoms with van der Waals surface area (Å²) in [7, 11) is 0. The van der Waals surface area contributed by atoms with Gasteiger partial charge in [0.2, 0.25) is 0 Å². The van der Waals surface area contributed by atoms with Crippen LogP contribution in [-0.4, -0.2) is 47.5 Å². The minimum atomic E-state index is 0.314. The van der Waals surface area contributed by atoms with Gasteiger partial charge in [0.15, 0.2) is 0 Å². The van der Waals surface area contributed by atoms with Gasteiger partial charge in [0.25, 0.3) is 0 Å². The number of rotatable bonds is 4. The van der Waals surface area contributed by atoms with Gasteiger partial charge in [0.1, 0.15) is 0 Å². The van der Waals surface area contributed by atoms with Gasteiger partial charge in [-0.2, -0.15) is 0 Å². The summed E-state index contributed by atoms with van der Waals surface area (Å²) in [5.74, 6) is 0. The molecule has 1 aromatic heterocycles. The summed E-state index contributed by atoms with van der Waals surface area (Å²) in [5, 5.41) is 0.783. The molecule has 0 radical (unpaired) electrons. The first-order chi connectivity index (χ1) is 15.3. The first-order valence-electron chi connectivity index (χ1n) is 11.2. The molecule has 0 bridgehead atoms. The number of hydrogen-bond acceptors (Lipinski definition) is 3. The van der Waals surface area contributed by atoms with Gasteiger partial charge in [-0.3, -0.25) is 14.8 Å². The summed E-state index contributed by atoms with van der Waals surface area (Å²) in [6, 6.07) is 21.7. The van der Waals surface area contributed by atoms with Crippen molar-refractivity contribution in [1.29, 1.82) is 0 Å². The van der Waals surface area contributed by atoms with Crippen molar-refractivity contribution in [3.63, 3.8) is 0 Å². The fraction of sp³-hybridized carbons (Fsp3) is 0.296. The van der Waals surface area contributed by atoms with Crippen molar-refractivity contribution < 1.29 is 0 Å². The van der Waals surface area contributed by atoms with E-state index in [-0.39, 0.29) is 0 Å². The van der Waals surface area contributed by atoms with Crippen LogP contribution in [0.2, 0.25) is 5.02 Å². The summed E-state index contributed by atoms with van der Waals surface area (Å²) in [4.78, 5) is 9.94. The predicted molar refractivity (Wildman–Crippen MR) is 128 cm³/mol. The third-order valence-electron chi connectivity index (χ3n) is 6.52. The van der Waals surface area contributed by atoms with E-state index in [1.165, 1.54) is 27.9 Å². The highest BCUT2D eigenvalue weighted by atomic mass is 35.5. The minimum absolute atomic E-state index is 0.314. The molecular formula is C27H28ClN3. The van der Waals surface area contributed by atoms with E-state index >= 15 is 0 Å². The Kier molecular flexibility index (Phi) is 6.17. The predicted octanol–water partition coefficient (Wildman–Crippen LogP) is 5.25. The summed E-state index contributed by atoms with van der Waals surface area (Å²) < 4.78 is 0. The van der Waals surface area contributed by atoms with Crippen molar-refractivity contribution in [3.8, 4) is 0 Å². The lowest BCUT2D eigenvalue weighted by Crippen LogP contribution is -2.47. The molecular weight excluding hydrogens is 402 g/mol. The van der Waals surface area contributed by atoms with Gasteiger partial charge < -0.3 is 0 Å². The maximum atomic E-state index is 5.98. The van der Waals surface area contributed by atoms with Gasteiger partial charge >= 0.3 is 0 Å². The third-order valence-corrected chi connectivity index (χ3v) is 6.77. The molecule has 3 aromatic rings. The van der Waals surface area contributed by atoms with E-state index < -0.39 is 0 Å². The van der Waals surface area contributed by atoms with Crippen LogP contribution in [0, 0.1) is 0 Å². The van der Waals surface area contributed by atoms with Gasteiger partial charge in [0.05, 0.1) is 6.04 Å². The summed E-state index contributed by atoms with van der Waals surface area (Å²) in [5.41, 5.74) is 6.78. The zero-order valence-corrected chi connectivity index (χ0v) is 18.5. The van der Waals surface area contributed by atoms with Gasteiger partial charge in [-0.05, 0) is 53.3 Å². The number of aryl methyl sites for hydroxylation is 2. The molecule has 1 fully saturated rings. The van der Waals surface area contributed by atoms with Crippen molar-refractivity contribution >= 4 is 17.7 Å². The Morgan fingerprint density at radius 3 is 2.48 bits per heavy atom. The second-order valence-electron chi connectivity index (χ2n) is 8.43. The second-order valence-corrected chi connectivity index (χ2v) is 8.87. The Morgan fingerprint density at radius 1 is 0.871 bits per heavy atom. The number of piperazine rings is 1. The molecule has 1 saturated heterocycles. The molecule has 1 unspecified atom stereocenters.